The molecule has 1 aliphatic heterocycles. The summed E-state index contributed by atoms with van der Waals surface area (Å²) in [4.78, 5) is 9.42. The number of ether oxygens (including phenoxy) is 1. The molecule has 7 heteroatoms. The van der Waals surface area contributed by atoms with Crippen LogP contribution in [-0.4, -0.2) is 56.8 Å². The van der Waals surface area contributed by atoms with Crippen LogP contribution in [0.3, 0.4) is 0 Å². The van der Waals surface area contributed by atoms with Gasteiger partial charge < -0.3 is 15.4 Å². The summed E-state index contributed by atoms with van der Waals surface area (Å²) in [5, 5.41) is 6.92. The van der Waals surface area contributed by atoms with Crippen LogP contribution in [0.2, 0.25) is 0 Å². The number of aryl methyl sites for hydroxylation is 1. The minimum Gasteiger partial charge on any atom is -0.379 e. The lowest BCUT2D eigenvalue weighted by atomic mass is 10.0. The van der Waals surface area contributed by atoms with Gasteiger partial charge in [0.1, 0.15) is 5.82 Å². The highest BCUT2D eigenvalue weighted by Gasteiger charge is 2.23. The molecule has 1 saturated heterocycles. The predicted octanol–water partition coefficient (Wildman–Crippen LogP) is 3.37. The number of rotatable bonds is 7. The minimum atomic E-state index is -0.205. The van der Waals surface area contributed by atoms with E-state index in [0.29, 0.717) is 19.8 Å². The summed E-state index contributed by atoms with van der Waals surface area (Å²) < 4.78 is 19.3. The first-order valence-corrected chi connectivity index (χ1v) is 11.0. The van der Waals surface area contributed by atoms with E-state index in [4.69, 9.17) is 4.74 Å². The maximum atomic E-state index is 13.8. The van der Waals surface area contributed by atoms with Crippen LogP contribution in [0.15, 0.2) is 41.4 Å². The highest BCUT2D eigenvalue weighted by molar-refractivity contribution is 7.11. The Kier molecular flexibility index (Phi) is 8.03. The molecular formula is C22H31FN4OS. The molecule has 1 aromatic carbocycles. The van der Waals surface area contributed by atoms with E-state index in [1.165, 1.54) is 15.8 Å². The third kappa shape index (κ3) is 6.52. The Bertz CT molecular complexity index is 804. The summed E-state index contributed by atoms with van der Waals surface area (Å²) in [6.45, 7) is 8.02. The van der Waals surface area contributed by atoms with E-state index in [0.717, 1.165) is 31.0 Å². The fourth-order valence-corrected chi connectivity index (χ4v) is 4.65. The van der Waals surface area contributed by atoms with Gasteiger partial charge >= 0.3 is 0 Å². The van der Waals surface area contributed by atoms with E-state index in [1.807, 2.05) is 17.4 Å². The highest BCUT2D eigenvalue weighted by Crippen LogP contribution is 2.22. The molecule has 29 heavy (non-hydrogen) atoms. The molecule has 1 aromatic heterocycles. The van der Waals surface area contributed by atoms with E-state index in [2.05, 4.69) is 46.5 Å². The predicted molar refractivity (Wildman–Crippen MR) is 118 cm³/mol. The molecule has 3 rings (SSSR count). The number of thiophene rings is 1. The van der Waals surface area contributed by atoms with Crippen LogP contribution in [0.1, 0.15) is 28.3 Å². The van der Waals surface area contributed by atoms with Crippen molar-refractivity contribution in [2.75, 3.05) is 39.9 Å². The average Bonchev–Trinajstić information content (AvgIpc) is 3.12. The topological polar surface area (TPSA) is 48.9 Å². The Hall–Kier alpha value is -1.96. The van der Waals surface area contributed by atoms with Gasteiger partial charge in [0.05, 0.1) is 19.3 Å². The van der Waals surface area contributed by atoms with E-state index >= 15 is 0 Å². The van der Waals surface area contributed by atoms with E-state index in [9.17, 15) is 4.39 Å². The molecule has 2 aromatic rings. The van der Waals surface area contributed by atoms with Crippen LogP contribution in [0.5, 0.6) is 0 Å². The quantitative estimate of drug-likeness (QED) is 0.535. The molecule has 0 aliphatic carbocycles. The van der Waals surface area contributed by atoms with Gasteiger partial charge in [-0.1, -0.05) is 12.1 Å². The third-order valence-electron chi connectivity index (χ3n) is 5.09. The van der Waals surface area contributed by atoms with Gasteiger partial charge in [0.25, 0.3) is 0 Å². The van der Waals surface area contributed by atoms with Gasteiger partial charge in [0, 0.05) is 48.9 Å². The van der Waals surface area contributed by atoms with Crippen LogP contribution in [0.4, 0.5) is 4.39 Å². The van der Waals surface area contributed by atoms with Crippen LogP contribution in [0, 0.1) is 12.7 Å². The normalized spacial score (nSPS) is 17.7. The molecule has 1 fully saturated rings. The SMILES string of the molecule is CN=C(NCC(c1cccc(F)c1)N1CCOCC1)NC(C)Cc1ccc(C)s1. The Balaban J connectivity index is 1.62. The van der Waals surface area contributed by atoms with E-state index in [1.54, 1.807) is 19.2 Å². The Morgan fingerprint density at radius 1 is 1.28 bits per heavy atom. The molecule has 0 bridgehead atoms. The molecule has 0 radical (unpaired) electrons. The van der Waals surface area contributed by atoms with E-state index in [-0.39, 0.29) is 17.9 Å². The summed E-state index contributed by atoms with van der Waals surface area (Å²) in [6.07, 6.45) is 0.954. The zero-order chi connectivity index (χ0) is 20.6. The number of guanidine groups is 1. The van der Waals surface area contributed by atoms with Crippen molar-refractivity contribution in [2.24, 2.45) is 4.99 Å². The molecule has 2 N–H and O–H groups in total. The maximum absolute atomic E-state index is 13.8. The second-order valence-corrected chi connectivity index (χ2v) is 8.81. The second-order valence-electron chi connectivity index (χ2n) is 7.43. The smallest absolute Gasteiger partial charge is 0.191 e. The molecule has 5 nitrogen and oxygen atoms in total. The first-order chi connectivity index (χ1) is 14.0. The second kappa shape index (κ2) is 10.7. The first kappa shape index (κ1) is 21.7. The molecule has 0 amide bonds. The number of nitrogens with zero attached hydrogens (tertiary/aromatic N) is 2. The van der Waals surface area contributed by atoms with Crippen molar-refractivity contribution in [3.8, 4) is 0 Å². The van der Waals surface area contributed by atoms with E-state index < -0.39 is 0 Å². The number of halogens is 1. The fourth-order valence-electron chi connectivity index (χ4n) is 3.63. The minimum absolute atomic E-state index is 0.0587. The molecule has 2 heterocycles. The number of hydrogen-bond donors (Lipinski definition) is 2. The Labute approximate surface area is 177 Å². The third-order valence-corrected chi connectivity index (χ3v) is 6.12. The van der Waals surface area contributed by atoms with Crippen molar-refractivity contribution in [3.05, 3.63) is 57.5 Å². The largest absolute Gasteiger partial charge is 0.379 e. The summed E-state index contributed by atoms with van der Waals surface area (Å²) in [6, 6.07) is 11.5. The van der Waals surface area contributed by atoms with Gasteiger partial charge in [-0.15, -0.1) is 11.3 Å². The van der Waals surface area contributed by atoms with Gasteiger partial charge in [0.15, 0.2) is 5.96 Å². The molecule has 2 unspecified atom stereocenters. The zero-order valence-corrected chi connectivity index (χ0v) is 18.3. The van der Waals surface area contributed by atoms with Crippen molar-refractivity contribution < 1.29 is 9.13 Å². The van der Waals surface area contributed by atoms with Crippen LogP contribution < -0.4 is 10.6 Å². The summed E-state index contributed by atoms with van der Waals surface area (Å²) in [5.74, 6) is 0.559. The number of morpholine rings is 1. The van der Waals surface area contributed by atoms with Crippen LogP contribution >= 0.6 is 11.3 Å². The van der Waals surface area contributed by atoms with Crippen LogP contribution in [-0.2, 0) is 11.2 Å². The highest BCUT2D eigenvalue weighted by atomic mass is 32.1. The van der Waals surface area contributed by atoms with Crippen molar-refractivity contribution in [3.63, 3.8) is 0 Å². The molecular weight excluding hydrogens is 387 g/mol. The lowest BCUT2D eigenvalue weighted by Gasteiger charge is -2.35. The first-order valence-electron chi connectivity index (χ1n) is 10.1. The summed E-state index contributed by atoms with van der Waals surface area (Å²) in [7, 11) is 1.78. The van der Waals surface area contributed by atoms with Crippen LogP contribution in [0.25, 0.3) is 0 Å². The fraction of sp³-hybridized carbons (Fsp3) is 0.500. The Morgan fingerprint density at radius 2 is 2.07 bits per heavy atom. The number of nitrogens with one attached hydrogen (secondary N) is 2. The number of aliphatic imine (C=N–C) groups is 1. The molecule has 0 saturated carbocycles. The van der Waals surface area contributed by atoms with Gasteiger partial charge in [-0.3, -0.25) is 9.89 Å². The Morgan fingerprint density at radius 3 is 2.72 bits per heavy atom. The van der Waals surface area contributed by atoms with Gasteiger partial charge in [0.2, 0.25) is 0 Å². The van der Waals surface area contributed by atoms with Gasteiger partial charge in [-0.25, -0.2) is 4.39 Å². The van der Waals surface area contributed by atoms with Crippen molar-refractivity contribution in [2.45, 2.75) is 32.4 Å². The lowest BCUT2D eigenvalue weighted by Crippen LogP contribution is -2.48. The average molecular weight is 419 g/mol. The monoisotopic (exact) mass is 418 g/mol. The molecule has 2 atom stereocenters. The number of hydrogen-bond acceptors (Lipinski definition) is 4. The molecule has 158 valence electrons. The molecule has 0 spiro atoms. The van der Waals surface area contributed by atoms with Crippen molar-refractivity contribution in [1.29, 1.82) is 0 Å². The van der Waals surface area contributed by atoms with Crippen molar-refractivity contribution >= 4 is 17.3 Å². The van der Waals surface area contributed by atoms with Gasteiger partial charge in [-0.2, -0.15) is 0 Å². The standard InChI is InChI=1S/C22H31FN4OS/c1-16(13-20-8-7-17(2)29-20)26-22(24-3)25-15-21(27-9-11-28-12-10-27)18-5-4-6-19(23)14-18/h4-8,14,16,21H,9-13,15H2,1-3H3,(H2,24,25,26). The van der Waals surface area contributed by atoms with Crippen molar-refractivity contribution in [1.82, 2.24) is 15.5 Å². The van der Waals surface area contributed by atoms with Gasteiger partial charge in [-0.05, 0) is 43.7 Å². The number of benzene rings is 1. The maximum Gasteiger partial charge on any atom is 0.191 e. The summed E-state index contributed by atoms with van der Waals surface area (Å²) in [5.41, 5.74) is 0.969. The summed E-state index contributed by atoms with van der Waals surface area (Å²) >= 11 is 1.83. The lowest BCUT2D eigenvalue weighted by molar-refractivity contribution is 0.0169. The zero-order valence-electron chi connectivity index (χ0n) is 17.5. The molecule has 1 aliphatic rings.